The molecule has 1 N–H and O–H groups in total. The second-order valence-electron chi connectivity index (χ2n) is 3.89. The van der Waals surface area contributed by atoms with Crippen LogP contribution in [0, 0.1) is 11.8 Å². The Kier molecular flexibility index (Phi) is 1.96. The molecule has 4 unspecified atom stereocenters. The predicted molar refractivity (Wildman–Crippen MR) is 61.5 cm³/mol. The van der Waals surface area contributed by atoms with E-state index in [2.05, 4.69) is 56.6 Å². The molecule has 3 rings (SSSR count). The van der Waals surface area contributed by atoms with E-state index in [0.717, 1.165) is 4.48 Å². The Morgan fingerprint density at radius 3 is 3.00 bits per heavy atom. The number of rotatable bonds is 0. The van der Waals surface area contributed by atoms with Crippen LogP contribution in [0.25, 0.3) is 0 Å². The van der Waals surface area contributed by atoms with E-state index < -0.39 is 0 Å². The molecule has 0 saturated carbocycles. The molecule has 0 aromatic rings. The van der Waals surface area contributed by atoms with Crippen molar-refractivity contribution in [2.24, 2.45) is 16.8 Å². The van der Waals surface area contributed by atoms with Gasteiger partial charge in [0.2, 0.25) is 0 Å². The van der Waals surface area contributed by atoms with Crippen molar-refractivity contribution in [1.82, 2.24) is 5.32 Å². The van der Waals surface area contributed by atoms with E-state index in [4.69, 9.17) is 0 Å². The van der Waals surface area contributed by atoms with Crippen LogP contribution < -0.4 is 5.32 Å². The summed E-state index contributed by atoms with van der Waals surface area (Å²) in [5.41, 5.74) is 0. The Labute approximate surface area is 91.6 Å². The molecule has 0 spiro atoms. The average Bonchev–Trinajstić information content (AvgIpc) is 2.56. The normalized spacial score (nSPS) is 43.4. The summed E-state index contributed by atoms with van der Waals surface area (Å²) in [6.07, 6.45) is 13.1. The summed E-state index contributed by atoms with van der Waals surface area (Å²) in [6.45, 7) is 0. The number of hydrogen-bond acceptors (Lipinski definition) is 2. The van der Waals surface area contributed by atoms with Crippen molar-refractivity contribution in [2.75, 3.05) is 0 Å². The summed E-state index contributed by atoms with van der Waals surface area (Å²) in [7, 11) is 0. The van der Waals surface area contributed by atoms with Crippen LogP contribution in [0.4, 0.5) is 0 Å². The molecular formula is C11H11BrN2. The van der Waals surface area contributed by atoms with Crippen molar-refractivity contribution in [1.29, 1.82) is 0 Å². The van der Waals surface area contributed by atoms with Crippen LogP contribution in [-0.4, -0.2) is 18.4 Å². The highest BCUT2D eigenvalue weighted by Gasteiger charge is 2.40. The molecule has 1 fully saturated rings. The first-order chi connectivity index (χ1) is 6.84. The first-order valence-corrected chi connectivity index (χ1v) is 5.65. The van der Waals surface area contributed by atoms with Crippen LogP contribution in [0.3, 0.4) is 0 Å². The number of halogens is 1. The van der Waals surface area contributed by atoms with Crippen LogP contribution in [0.15, 0.2) is 39.9 Å². The minimum Gasteiger partial charge on any atom is -0.288 e. The fourth-order valence-corrected chi connectivity index (χ4v) is 2.82. The Morgan fingerprint density at radius 2 is 2.07 bits per heavy atom. The lowest BCUT2D eigenvalue weighted by Crippen LogP contribution is -2.30. The number of allylic oxidation sites excluding steroid dienone is 3. The standard InChI is InChI=1S/C11H11BrN2/c12-7-5-9-8-3-1-2-4-10(8)14-11(9)13-6-7/h1-6,8-11,14H. The van der Waals surface area contributed by atoms with Gasteiger partial charge in [0.1, 0.15) is 6.17 Å². The van der Waals surface area contributed by atoms with E-state index in [1.54, 1.807) is 0 Å². The summed E-state index contributed by atoms with van der Waals surface area (Å²) in [5.74, 6) is 1.07. The zero-order valence-electron chi connectivity index (χ0n) is 7.60. The van der Waals surface area contributed by atoms with Crippen molar-refractivity contribution < 1.29 is 0 Å². The number of nitrogens with one attached hydrogen (secondary N) is 1. The summed E-state index contributed by atoms with van der Waals surface area (Å²) >= 11 is 3.48. The van der Waals surface area contributed by atoms with Crippen LogP contribution >= 0.6 is 15.9 Å². The van der Waals surface area contributed by atoms with Gasteiger partial charge in [0.25, 0.3) is 0 Å². The zero-order chi connectivity index (χ0) is 9.54. The fraction of sp³-hybridized carbons (Fsp3) is 0.364. The van der Waals surface area contributed by atoms with E-state index in [1.165, 1.54) is 0 Å². The first kappa shape index (κ1) is 8.62. The number of fused-ring (bicyclic) bond motifs is 3. The number of hydrogen-bond donors (Lipinski definition) is 1. The Balaban J connectivity index is 1.95. The molecule has 72 valence electrons. The molecule has 14 heavy (non-hydrogen) atoms. The Hall–Kier alpha value is -0.670. The largest absolute Gasteiger partial charge is 0.288 e. The Morgan fingerprint density at radius 1 is 1.21 bits per heavy atom. The molecule has 2 nitrogen and oxygen atoms in total. The summed E-state index contributed by atoms with van der Waals surface area (Å²) in [5, 5.41) is 3.51. The molecule has 2 heterocycles. The maximum absolute atomic E-state index is 4.48. The second kappa shape index (κ2) is 3.17. The van der Waals surface area contributed by atoms with E-state index in [1.807, 2.05) is 6.21 Å². The van der Waals surface area contributed by atoms with E-state index >= 15 is 0 Å². The Bertz CT molecular complexity index is 367. The maximum atomic E-state index is 4.48. The first-order valence-electron chi connectivity index (χ1n) is 4.86. The minimum atomic E-state index is 0.263. The van der Waals surface area contributed by atoms with Gasteiger partial charge < -0.3 is 0 Å². The van der Waals surface area contributed by atoms with Crippen molar-refractivity contribution in [3.05, 3.63) is 34.9 Å². The van der Waals surface area contributed by atoms with E-state index in [0.29, 0.717) is 17.9 Å². The van der Waals surface area contributed by atoms with Crippen LogP contribution in [0.5, 0.6) is 0 Å². The van der Waals surface area contributed by atoms with Crippen LogP contribution in [0.1, 0.15) is 0 Å². The fourth-order valence-electron chi connectivity index (χ4n) is 2.40. The number of nitrogens with zero attached hydrogens (tertiary/aromatic N) is 1. The molecule has 4 atom stereocenters. The van der Waals surface area contributed by atoms with Crippen LogP contribution in [0.2, 0.25) is 0 Å². The smallest absolute Gasteiger partial charge is 0.107 e. The summed E-state index contributed by atoms with van der Waals surface area (Å²) in [6, 6.07) is 0.460. The minimum absolute atomic E-state index is 0.263. The monoisotopic (exact) mass is 250 g/mol. The third-order valence-electron chi connectivity index (χ3n) is 3.06. The molecule has 0 radical (unpaired) electrons. The van der Waals surface area contributed by atoms with E-state index in [-0.39, 0.29) is 6.17 Å². The van der Waals surface area contributed by atoms with Gasteiger partial charge in [0.05, 0.1) is 0 Å². The highest BCUT2D eigenvalue weighted by molar-refractivity contribution is 9.12. The quantitative estimate of drug-likeness (QED) is 0.699. The molecule has 1 aliphatic carbocycles. The zero-order valence-corrected chi connectivity index (χ0v) is 9.18. The highest BCUT2D eigenvalue weighted by atomic mass is 79.9. The predicted octanol–water partition coefficient (Wildman–Crippen LogP) is 2.01. The van der Waals surface area contributed by atoms with Gasteiger partial charge in [-0.3, -0.25) is 10.3 Å². The van der Waals surface area contributed by atoms with Crippen molar-refractivity contribution in [3.8, 4) is 0 Å². The molecule has 0 aromatic carbocycles. The van der Waals surface area contributed by atoms with Crippen molar-refractivity contribution in [2.45, 2.75) is 12.2 Å². The highest BCUT2D eigenvalue weighted by Crippen LogP contribution is 2.36. The molecular weight excluding hydrogens is 240 g/mol. The molecule has 0 aromatic heterocycles. The number of dihydropyridines is 1. The summed E-state index contributed by atoms with van der Waals surface area (Å²) < 4.78 is 1.10. The van der Waals surface area contributed by atoms with Gasteiger partial charge in [0, 0.05) is 28.6 Å². The van der Waals surface area contributed by atoms with Gasteiger partial charge in [-0.05, 0) is 15.9 Å². The molecule has 3 aliphatic rings. The molecule has 3 heteroatoms. The molecule has 2 aliphatic heterocycles. The van der Waals surface area contributed by atoms with Gasteiger partial charge >= 0.3 is 0 Å². The average molecular weight is 251 g/mol. The van der Waals surface area contributed by atoms with Gasteiger partial charge in [-0.1, -0.05) is 30.4 Å². The van der Waals surface area contributed by atoms with Gasteiger partial charge in [-0.15, -0.1) is 0 Å². The third-order valence-corrected chi connectivity index (χ3v) is 3.53. The molecule has 1 saturated heterocycles. The molecule has 0 bridgehead atoms. The number of aliphatic imine (C=N–C) groups is 1. The van der Waals surface area contributed by atoms with E-state index in [9.17, 15) is 0 Å². The van der Waals surface area contributed by atoms with Gasteiger partial charge in [0.15, 0.2) is 0 Å². The van der Waals surface area contributed by atoms with Crippen LogP contribution in [-0.2, 0) is 0 Å². The van der Waals surface area contributed by atoms with Gasteiger partial charge in [-0.25, -0.2) is 0 Å². The molecule has 0 amide bonds. The lowest BCUT2D eigenvalue weighted by atomic mass is 9.86. The van der Waals surface area contributed by atoms with Gasteiger partial charge in [-0.2, -0.15) is 0 Å². The topological polar surface area (TPSA) is 24.4 Å². The summed E-state index contributed by atoms with van der Waals surface area (Å²) in [4.78, 5) is 4.48. The third kappa shape index (κ3) is 1.23. The lowest BCUT2D eigenvalue weighted by Gasteiger charge is -2.20. The second-order valence-corrected chi connectivity index (χ2v) is 4.81. The lowest BCUT2D eigenvalue weighted by molar-refractivity contribution is 0.495. The maximum Gasteiger partial charge on any atom is 0.107 e. The van der Waals surface area contributed by atoms with Crippen molar-refractivity contribution in [3.63, 3.8) is 0 Å². The SMILES string of the molecule is BrC1=CC2C(N=C1)NC1C=CC=CC12. The van der Waals surface area contributed by atoms with Crippen molar-refractivity contribution >= 4 is 22.1 Å².